The van der Waals surface area contributed by atoms with Gasteiger partial charge in [-0.05, 0) is 83.4 Å². The zero-order valence-corrected chi connectivity index (χ0v) is 28.4. The minimum absolute atomic E-state index is 0.0618. The summed E-state index contributed by atoms with van der Waals surface area (Å²) < 4.78 is 50.0. The van der Waals surface area contributed by atoms with E-state index in [1.165, 1.54) is 30.8 Å². The minimum atomic E-state index is -5.13. The second-order valence-corrected chi connectivity index (χ2v) is 14.0. The molecule has 1 N–H and O–H groups in total. The topological polar surface area (TPSA) is 122 Å². The van der Waals surface area contributed by atoms with Crippen molar-refractivity contribution in [2.45, 2.75) is 70.2 Å². The third-order valence-corrected chi connectivity index (χ3v) is 8.94. The zero-order valence-electron chi connectivity index (χ0n) is 27.7. The van der Waals surface area contributed by atoms with Crippen LogP contribution in [0.1, 0.15) is 58.6 Å². The van der Waals surface area contributed by atoms with Crippen LogP contribution in [-0.4, -0.2) is 63.5 Å². The highest BCUT2D eigenvalue weighted by Crippen LogP contribution is 2.34. The molecule has 1 fully saturated rings. The van der Waals surface area contributed by atoms with Crippen molar-refractivity contribution in [2.75, 3.05) is 24.6 Å². The van der Waals surface area contributed by atoms with Crippen LogP contribution >= 0.6 is 11.6 Å². The van der Waals surface area contributed by atoms with Crippen LogP contribution in [0, 0.1) is 11.3 Å². The van der Waals surface area contributed by atoms with Gasteiger partial charge in [-0.3, -0.25) is 4.79 Å². The van der Waals surface area contributed by atoms with Gasteiger partial charge in [-0.15, -0.1) is 0 Å². The second kappa shape index (κ2) is 13.2. The lowest BCUT2D eigenvalue weighted by Crippen LogP contribution is -2.57. The lowest BCUT2D eigenvalue weighted by molar-refractivity contribution is -0.213. The van der Waals surface area contributed by atoms with Crippen LogP contribution in [0.2, 0.25) is 5.02 Å². The van der Waals surface area contributed by atoms with Gasteiger partial charge in [-0.2, -0.15) is 23.5 Å². The first-order valence-corrected chi connectivity index (χ1v) is 15.9. The van der Waals surface area contributed by atoms with Crippen LogP contribution in [0.15, 0.2) is 61.1 Å². The van der Waals surface area contributed by atoms with Crippen molar-refractivity contribution in [1.82, 2.24) is 19.9 Å². The van der Waals surface area contributed by atoms with Crippen LogP contribution in [0.5, 0.6) is 5.75 Å². The Labute approximate surface area is 286 Å². The van der Waals surface area contributed by atoms with Crippen LogP contribution in [0.4, 0.5) is 19.0 Å². The Morgan fingerprint density at radius 2 is 1.73 bits per heavy atom. The standard InChI is InChI=1S/C35H36ClF3N6O4/c1-32(2,49-31(47)35(37,38)39)21-48-26-16-27(29-23(17-40)19-42-45(29)20-26)22-6-11-28(41-18-22)44-14-12-34(5,13-15-44)43-30(46)33(3,4)24-7-9-25(36)10-8-24/h6-11,16,18-20H,12-15,21H2,1-5H3,(H,43,46). The highest BCUT2D eigenvalue weighted by molar-refractivity contribution is 6.30. The fraction of sp³-hybridized carbons (Fsp3) is 0.400. The van der Waals surface area contributed by atoms with Gasteiger partial charge in [-0.25, -0.2) is 14.3 Å². The number of alkyl halides is 3. The number of ether oxygens (including phenoxy) is 2. The Hall–Kier alpha value is -4.83. The second-order valence-electron chi connectivity index (χ2n) is 13.5. The molecule has 0 spiro atoms. The Morgan fingerprint density at radius 1 is 1.06 bits per heavy atom. The first-order valence-electron chi connectivity index (χ1n) is 15.6. The number of aromatic nitrogens is 3. The van der Waals surface area contributed by atoms with Gasteiger partial charge < -0.3 is 19.7 Å². The number of hydrogen-bond acceptors (Lipinski definition) is 8. The minimum Gasteiger partial charge on any atom is -0.488 e. The van der Waals surface area contributed by atoms with Crippen molar-refractivity contribution in [3.8, 4) is 22.9 Å². The quantitative estimate of drug-likeness (QED) is 0.194. The zero-order chi connectivity index (χ0) is 35.8. The van der Waals surface area contributed by atoms with E-state index in [4.69, 9.17) is 21.3 Å². The molecule has 0 radical (unpaired) electrons. The molecule has 0 atom stereocenters. The molecule has 1 aromatic carbocycles. The van der Waals surface area contributed by atoms with Gasteiger partial charge in [0.2, 0.25) is 5.91 Å². The molecule has 1 aliphatic rings. The largest absolute Gasteiger partial charge is 0.490 e. The molecule has 1 amide bonds. The Bertz CT molecular complexity index is 1890. The van der Waals surface area contributed by atoms with E-state index in [0.29, 0.717) is 53.2 Å². The summed E-state index contributed by atoms with van der Waals surface area (Å²) >= 11 is 6.04. The van der Waals surface area contributed by atoms with Crippen molar-refractivity contribution < 1.29 is 32.2 Å². The van der Waals surface area contributed by atoms with Gasteiger partial charge in [0, 0.05) is 41.0 Å². The molecular weight excluding hydrogens is 661 g/mol. The van der Waals surface area contributed by atoms with Gasteiger partial charge in [0.25, 0.3) is 0 Å². The van der Waals surface area contributed by atoms with Crippen LogP contribution < -0.4 is 15.0 Å². The number of piperidine rings is 1. The molecule has 10 nitrogen and oxygen atoms in total. The molecule has 1 saturated heterocycles. The van der Waals surface area contributed by atoms with Crippen LogP contribution in [0.25, 0.3) is 16.6 Å². The summed E-state index contributed by atoms with van der Waals surface area (Å²) in [4.78, 5) is 31.6. The summed E-state index contributed by atoms with van der Waals surface area (Å²) in [7, 11) is 0. The van der Waals surface area contributed by atoms with E-state index < -0.39 is 28.7 Å². The summed E-state index contributed by atoms with van der Waals surface area (Å²) in [6.45, 7) is 9.39. The first kappa shape index (κ1) is 35.5. The summed E-state index contributed by atoms with van der Waals surface area (Å²) in [6.07, 6.45) is 0.832. The van der Waals surface area contributed by atoms with E-state index in [1.54, 1.807) is 24.4 Å². The number of amides is 1. The third kappa shape index (κ3) is 7.91. The number of hydrogen-bond donors (Lipinski definition) is 1. The number of nitriles is 1. The van der Waals surface area contributed by atoms with Gasteiger partial charge in [-0.1, -0.05) is 23.7 Å². The van der Waals surface area contributed by atoms with Gasteiger partial charge in [0.15, 0.2) is 0 Å². The molecule has 1 aliphatic heterocycles. The van der Waals surface area contributed by atoms with E-state index >= 15 is 0 Å². The predicted octanol–water partition coefficient (Wildman–Crippen LogP) is 6.64. The van der Waals surface area contributed by atoms with E-state index in [-0.39, 0.29) is 18.3 Å². The molecular formula is C35H36ClF3N6O4. The molecule has 3 aromatic heterocycles. The number of halogens is 4. The number of anilines is 1. The molecule has 49 heavy (non-hydrogen) atoms. The van der Waals surface area contributed by atoms with Crippen molar-refractivity contribution in [1.29, 1.82) is 5.26 Å². The maximum absolute atomic E-state index is 13.4. The molecule has 0 unspecified atom stereocenters. The number of rotatable bonds is 9. The number of esters is 1. The summed E-state index contributed by atoms with van der Waals surface area (Å²) in [5, 5.41) is 17.8. The van der Waals surface area contributed by atoms with Crippen LogP contribution in [0.3, 0.4) is 0 Å². The molecule has 4 aromatic rings. The molecule has 5 rings (SSSR count). The Morgan fingerprint density at radius 3 is 2.33 bits per heavy atom. The molecule has 0 saturated carbocycles. The normalized spacial score (nSPS) is 15.1. The number of pyridine rings is 2. The van der Waals surface area contributed by atoms with Gasteiger partial charge >= 0.3 is 12.1 Å². The summed E-state index contributed by atoms with van der Waals surface area (Å²) in [5.41, 5.74) is 0.158. The van der Waals surface area contributed by atoms with Crippen LogP contribution in [-0.2, 0) is 19.7 Å². The predicted molar refractivity (Wildman–Crippen MR) is 177 cm³/mol. The number of nitrogens with zero attached hydrogens (tertiary/aromatic N) is 5. The number of benzene rings is 1. The van der Waals surface area contributed by atoms with Crippen molar-refractivity contribution in [3.63, 3.8) is 0 Å². The lowest BCUT2D eigenvalue weighted by Gasteiger charge is -2.42. The van der Waals surface area contributed by atoms with E-state index in [0.717, 1.165) is 11.4 Å². The van der Waals surface area contributed by atoms with Gasteiger partial charge in [0.1, 0.15) is 29.8 Å². The number of carbonyl (C=O) groups is 2. The third-order valence-electron chi connectivity index (χ3n) is 8.69. The molecule has 14 heteroatoms. The monoisotopic (exact) mass is 696 g/mol. The summed E-state index contributed by atoms with van der Waals surface area (Å²) in [5.74, 6) is -1.40. The van der Waals surface area contributed by atoms with E-state index in [9.17, 15) is 28.0 Å². The highest BCUT2D eigenvalue weighted by Gasteiger charge is 2.44. The maximum atomic E-state index is 13.4. The number of fused-ring (bicyclic) bond motifs is 1. The molecule has 0 aliphatic carbocycles. The number of carbonyl (C=O) groups excluding carboxylic acids is 2. The highest BCUT2D eigenvalue weighted by atomic mass is 35.5. The smallest absolute Gasteiger partial charge is 0.488 e. The van der Waals surface area contributed by atoms with E-state index in [1.807, 2.05) is 38.1 Å². The lowest BCUT2D eigenvalue weighted by atomic mass is 9.81. The van der Waals surface area contributed by atoms with Gasteiger partial charge in [0.05, 0.1) is 28.9 Å². The number of nitrogens with one attached hydrogen (secondary N) is 1. The van der Waals surface area contributed by atoms with Crippen molar-refractivity contribution in [2.24, 2.45) is 0 Å². The van der Waals surface area contributed by atoms with Crippen molar-refractivity contribution >= 4 is 34.8 Å². The average molecular weight is 697 g/mol. The fourth-order valence-corrected chi connectivity index (χ4v) is 5.71. The van der Waals surface area contributed by atoms with Crippen molar-refractivity contribution in [3.05, 3.63) is 77.2 Å². The fourth-order valence-electron chi connectivity index (χ4n) is 5.59. The Balaban J connectivity index is 1.29. The summed E-state index contributed by atoms with van der Waals surface area (Å²) in [6, 6.07) is 14.8. The SMILES string of the molecule is CC1(NC(=O)C(C)(C)c2ccc(Cl)cc2)CCN(c2ccc(-c3cc(OCC(C)(C)OC(=O)C(F)(F)F)cn4ncc(C#N)c34)cn2)CC1. The molecule has 258 valence electrons. The average Bonchev–Trinajstić information content (AvgIpc) is 3.46. The molecule has 4 heterocycles. The van der Waals surface area contributed by atoms with E-state index in [2.05, 4.69) is 33.0 Å². The Kier molecular flexibility index (Phi) is 9.58. The first-order chi connectivity index (χ1) is 22.9. The molecule has 0 bridgehead atoms. The maximum Gasteiger partial charge on any atom is 0.490 e.